The van der Waals surface area contributed by atoms with E-state index in [0.29, 0.717) is 12.2 Å². The summed E-state index contributed by atoms with van der Waals surface area (Å²) in [6, 6.07) is 18.0. The number of hydrogen-bond acceptors (Lipinski definition) is 5. The molecule has 1 amide bonds. The van der Waals surface area contributed by atoms with E-state index < -0.39 is 0 Å². The fraction of sp³-hybridized carbons (Fsp3) is 0.318. The SMILES string of the molecule is COc1ccc(-n2c(Cc3ccccc3)nnc2SCC(=O)N2CCCC2)cc1. The van der Waals surface area contributed by atoms with Gasteiger partial charge in [0.15, 0.2) is 5.16 Å². The maximum Gasteiger partial charge on any atom is 0.233 e. The van der Waals surface area contributed by atoms with Crippen LogP contribution >= 0.6 is 11.8 Å². The first kappa shape index (κ1) is 19.5. The lowest BCUT2D eigenvalue weighted by Crippen LogP contribution is -2.29. The zero-order chi connectivity index (χ0) is 20.1. The van der Waals surface area contributed by atoms with Crippen molar-refractivity contribution in [2.75, 3.05) is 26.0 Å². The van der Waals surface area contributed by atoms with Gasteiger partial charge in [0, 0.05) is 25.2 Å². The molecule has 150 valence electrons. The number of amides is 1. The van der Waals surface area contributed by atoms with Crippen LogP contribution in [0.2, 0.25) is 0 Å². The topological polar surface area (TPSA) is 60.2 Å². The molecule has 0 unspecified atom stereocenters. The van der Waals surface area contributed by atoms with Crippen molar-refractivity contribution in [3.05, 3.63) is 66.0 Å². The first-order chi connectivity index (χ1) is 14.2. The predicted molar refractivity (Wildman–Crippen MR) is 114 cm³/mol. The Kier molecular flexibility index (Phi) is 6.14. The van der Waals surface area contributed by atoms with Gasteiger partial charge in [0.2, 0.25) is 5.91 Å². The number of aromatic nitrogens is 3. The monoisotopic (exact) mass is 408 g/mol. The standard InChI is InChI=1S/C22H24N4O2S/c1-28-19-11-9-18(10-12-19)26-20(15-17-7-3-2-4-8-17)23-24-22(26)29-16-21(27)25-13-5-6-14-25/h2-4,7-12H,5-6,13-16H2,1H3. The molecule has 29 heavy (non-hydrogen) atoms. The minimum atomic E-state index is 0.168. The number of carbonyl (C=O) groups is 1. The average molecular weight is 409 g/mol. The third-order valence-electron chi connectivity index (χ3n) is 5.02. The third-order valence-corrected chi connectivity index (χ3v) is 5.93. The molecule has 2 heterocycles. The van der Waals surface area contributed by atoms with E-state index >= 15 is 0 Å². The van der Waals surface area contributed by atoms with Crippen LogP contribution in [0.1, 0.15) is 24.2 Å². The van der Waals surface area contributed by atoms with Crippen LogP contribution < -0.4 is 4.74 Å². The molecule has 0 N–H and O–H groups in total. The van der Waals surface area contributed by atoms with Crippen LogP contribution in [0.3, 0.4) is 0 Å². The molecule has 3 aromatic rings. The number of benzene rings is 2. The fourth-order valence-corrected chi connectivity index (χ4v) is 4.34. The van der Waals surface area contributed by atoms with Gasteiger partial charge in [-0.2, -0.15) is 0 Å². The van der Waals surface area contributed by atoms with E-state index in [2.05, 4.69) is 22.3 Å². The zero-order valence-corrected chi connectivity index (χ0v) is 17.3. The van der Waals surface area contributed by atoms with Crippen molar-refractivity contribution in [1.82, 2.24) is 19.7 Å². The summed E-state index contributed by atoms with van der Waals surface area (Å²) in [6.07, 6.45) is 2.86. The largest absolute Gasteiger partial charge is 0.497 e. The number of thioether (sulfide) groups is 1. The molecule has 1 saturated heterocycles. The molecule has 1 aromatic heterocycles. The lowest BCUT2D eigenvalue weighted by Gasteiger charge is -2.15. The normalized spacial score (nSPS) is 13.6. The van der Waals surface area contributed by atoms with E-state index in [-0.39, 0.29) is 5.91 Å². The lowest BCUT2D eigenvalue weighted by atomic mass is 10.1. The molecule has 1 aliphatic rings. The molecule has 1 fully saturated rings. The second kappa shape index (κ2) is 9.13. The Hall–Kier alpha value is -2.80. The molecule has 4 rings (SSSR count). The molecule has 0 radical (unpaired) electrons. The van der Waals surface area contributed by atoms with Gasteiger partial charge in [-0.15, -0.1) is 10.2 Å². The first-order valence-corrected chi connectivity index (χ1v) is 10.8. The summed E-state index contributed by atoms with van der Waals surface area (Å²) >= 11 is 1.45. The van der Waals surface area contributed by atoms with Gasteiger partial charge in [-0.3, -0.25) is 9.36 Å². The number of nitrogens with zero attached hydrogens (tertiary/aromatic N) is 4. The lowest BCUT2D eigenvalue weighted by molar-refractivity contribution is -0.127. The fourth-order valence-electron chi connectivity index (χ4n) is 3.46. The van der Waals surface area contributed by atoms with Gasteiger partial charge in [-0.25, -0.2) is 0 Å². The van der Waals surface area contributed by atoms with Crippen LogP contribution in [0.25, 0.3) is 5.69 Å². The van der Waals surface area contributed by atoms with E-state index in [4.69, 9.17) is 4.74 Å². The van der Waals surface area contributed by atoms with Crippen molar-refractivity contribution in [2.45, 2.75) is 24.4 Å². The van der Waals surface area contributed by atoms with Gasteiger partial charge < -0.3 is 9.64 Å². The molecule has 0 saturated carbocycles. The highest BCUT2D eigenvalue weighted by Crippen LogP contribution is 2.25. The van der Waals surface area contributed by atoms with E-state index in [9.17, 15) is 4.79 Å². The van der Waals surface area contributed by atoms with Crippen molar-refractivity contribution in [2.24, 2.45) is 0 Å². The molecular formula is C22H24N4O2S. The summed E-state index contributed by atoms with van der Waals surface area (Å²) in [6.45, 7) is 1.73. The number of likely N-dealkylation sites (tertiary alicyclic amines) is 1. The molecule has 7 heteroatoms. The summed E-state index contributed by atoms with van der Waals surface area (Å²) < 4.78 is 7.32. The highest BCUT2D eigenvalue weighted by Gasteiger charge is 2.21. The summed E-state index contributed by atoms with van der Waals surface area (Å²) in [5.74, 6) is 2.18. The van der Waals surface area contributed by atoms with E-state index in [1.165, 1.54) is 17.3 Å². The van der Waals surface area contributed by atoms with Crippen LogP contribution in [-0.2, 0) is 11.2 Å². The molecule has 6 nitrogen and oxygen atoms in total. The molecule has 0 aliphatic carbocycles. The van der Waals surface area contributed by atoms with Gasteiger partial charge in [-0.1, -0.05) is 42.1 Å². The Morgan fingerprint density at radius 3 is 2.45 bits per heavy atom. The van der Waals surface area contributed by atoms with E-state index in [1.54, 1.807) is 7.11 Å². The van der Waals surface area contributed by atoms with Crippen molar-refractivity contribution in [3.8, 4) is 11.4 Å². The first-order valence-electron chi connectivity index (χ1n) is 9.78. The number of ether oxygens (including phenoxy) is 1. The molecule has 0 atom stereocenters. The quantitative estimate of drug-likeness (QED) is 0.559. The Morgan fingerprint density at radius 1 is 1.03 bits per heavy atom. The zero-order valence-electron chi connectivity index (χ0n) is 16.5. The van der Waals surface area contributed by atoms with Crippen LogP contribution in [0.15, 0.2) is 59.8 Å². The number of methoxy groups -OCH3 is 1. The molecule has 2 aromatic carbocycles. The molecule has 1 aliphatic heterocycles. The number of carbonyl (C=O) groups excluding carboxylic acids is 1. The average Bonchev–Trinajstić information content (AvgIpc) is 3.43. The highest BCUT2D eigenvalue weighted by molar-refractivity contribution is 7.99. The number of rotatable bonds is 7. The van der Waals surface area contributed by atoms with Gasteiger partial charge in [-0.05, 0) is 42.7 Å². The van der Waals surface area contributed by atoms with Crippen LogP contribution in [0.5, 0.6) is 5.75 Å². The van der Waals surface area contributed by atoms with E-state index in [1.807, 2.05) is 51.9 Å². The maximum atomic E-state index is 12.5. The maximum absolute atomic E-state index is 12.5. The van der Waals surface area contributed by atoms with Crippen LogP contribution in [-0.4, -0.2) is 51.5 Å². The van der Waals surface area contributed by atoms with E-state index in [0.717, 1.165) is 48.3 Å². The van der Waals surface area contributed by atoms with Crippen LogP contribution in [0, 0.1) is 0 Å². The molecular weight excluding hydrogens is 384 g/mol. The Bertz CT molecular complexity index is 951. The second-order valence-electron chi connectivity index (χ2n) is 6.97. The van der Waals surface area contributed by atoms with Gasteiger partial charge in [0.1, 0.15) is 11.6 Å². The molecule has 0 bridgehead atoms. The predicted octanol–water partition coefficient (Wildman–Crippen LogP) is 3.58. The van der Waals surface area contributed by atoms with Crippen molar-refractivity contribution < 1.29 is 9.53 Å². The minimum absolute atomic E-state index is 0.168. The van der Waals surface area contributed by atoms with Gasteiger partial charge >= 0.3 is 0 Å². The van der Waals surface area contributed by atoms with Crippen molar-refractivity contribution in [1.29, 1.82) is 0 Å². The smallest absolute Gasteiger partial charge is 0.233 e. The number of hydrogen-bond donors (Lipinski definition) is 0. The third kappa shape index (κ3) is 4.62. The Balaban J connectivity index is 1.60. The molecule has 0 spiro atoms. The van der Waals surface area contributed by atoms with Crippen molar-refractivity contribution >= 4 is 17.7 Å². The van der Waals surface area contributed by atoms with Gasteiger partial charge in [0.25, 0.3) is 0 Å². The summed E-state index contributed by atoms with van der Waals surface area (Å²) in [5, 5.41) is 9.58. The highest BCUT2D eigenvalue weighted by atomic mass is 32.2. The Morgan fingerprint density at radius 2 is 1.76 bits per heavy atom. The summed E-state index contributed by atoms with van der Waals surface area (Å²) in [5.41, 5.74) is 2.12. The summed E-state index contributed by atoms with van der Waals surface area (Å²) in [4.78, 5) is 14.4. The van der Waals surface area contributed by atoms with Crippen LogP contribution in [0.4, 0.5) is 0 Å². The van der Waals surface area contributed by atoms with Gasteiger partial charge in [0.05, 0.1) is 12.9 Å². The van der Waals surface area contributed by atoms with Crippen molar-refractivity contribution in [3.63, 3.8) is 0 Å². The Labute approximate surface area is 174 Å². The second-order valence-corrected chi connectivity index (χ2v) is 7.91. The minimum Gasteiger partial charge on any atom is -0.497 e. The summed E-state index contributed by atoms with van der Waals surface area (Å²) in [7, 11) is 1.65.